The molecule has 0 spiro atoms. The molecule has 1 aromatic carbocycles. The van der Waals surface area contributed by atoms with Crippen LogP contribution in [0.4, 0.5) is 8.78 Å². The lowest BCUT2D eigenvalue weighted by Crippen LogP contribution is -2.18. The van der Waals surface area contributed by atoms with Gasteiger partial charge >= 0.3 is 0 Å². The Morgan fingerprint density at radius 1 is 1.28 bits per heavy atom. The normalized spacial score (nSPS) is 11.2. The van der Waals surface area contributed by atoms with Gasteiger partial charge in [0.1, 0.15) is 11.6 Å². The summed E-state index contributed by atoms with van der Waals surface area (Å²) < 4.78 is 32.3. The van der Waals surface area contributed by atoms with Gasteiger partial charge in [-0.15, -0.1) is 11.8 Å². The number of methoxy groups -OCH3 is 1. The number of halogens is 2. The Morgan fingerprint density at radius 2 is 1.89 bits per heavy atom. The van der Waals surface area contributed by atoms with Gasteiger partial charge in [0.15, 0.2) is 0 Å². The molecular weight excluding hydrogens is 256 g/mol. The molecule has 0 aromatic heterocycles. The van der Waals surface area contributed by atoms with Crippen LogP contribution in [-0.4, -0.2) is 25.5 Å². The highest BCUT2D eigenvalue weighted by atomic mass is 32.2. The summed E-state index contributed by atoms with van der Waals surface area (Å²) in [6, 6.07) is 2.77. The minimum absolute atomic E-state index is 0.102. The number of hydrogen-bond donors (Lipinski definition) is 1. The highest BCUT2D eigenvalue weighted by Crippen LogP contribution is 2.29. The van der Waals surface area contributed by atoms with Crippen molar-refractivity contribution in [2.24, 2.45) is 0 Å². The molecule has 0 atom stereocenters. The lowest BCUT2D eigenvalue weighted by atomic mass is 10.2. The van der Waals surface area contributed by atoms with Crippen molar-refractivity contribution in [1.29, 1.82) is 0 Å². The Hall–Kier alpha value is -0.650. The zero-order chi connectivity index (χ0) is 13.5. The molecule has 0 heterocycles. The van der Waals surface area contributed by atoms with Crippen molar-refractivity contribution in [3.8, 4) is 0 Å². The van der Waals surface area contributed by atoms with Crippen LogP contribution < -0.4 is 5.32 Å². The Labute approximate surface area is 111 Å². The fraction of sp³-hybridized carbons (Fsp3) is 0.538. The number of thioether (sulfide) groups is 1. The fourth-order valence-electron chi connectivity index (χ4n) is 1.47. The third-order valence-corrected chi connectivity index (χ3v) is 3.32. The molecule has 0 saturated carbocycles. The molecule has 0 saturated heterocycles. The second kappa shape index (κ2) is 7.71. The van der Waals surface area contributed by atoms with E-state index in [1.165, 1.54) is 23.9 Å². The highest BCUT2D eigenvalue weighted by Gasteiger charge is 2.13. The summed E-state index contributed by atoms with van der Waals surface area (Å²) in [7, 11) is 1.61. The van der Waals surface area contributed by atoms with Crippen molar-refractivity contribution in [3.63, 3.8) is 0 Å². The molecule has 18 heavy (non-hydrogen) atoms. The second-order valence-electron chi connectivity index (χ2n) is 4.22. The van der Waals surface area contributed by atoms with Crippen LogP contribution in [0.25, 0.3) is 0 Å². The van der Waals surface area contributed by atoms with Gasteiger partial charge in [-0.1, -0.05) is 13.8 Å². The van der Waals surface area contributed by atoms with Crippen LogP contribution in [0.3, 0.4) is 0 Å². The molecule has 0 radical (unpaired) electrons. The monoisotopic (exact) mass is 275 g/mol. The molecule has 0 fully saturated rings. The summed E-state index contributed by atoms with van der Waals surface area (Å²) >= 11 is 1.20. The lowest BCUT2D eigenvalue weighted by Gasteiger charge is -2.10. The van der Waals surface area contributed by atoms with Gasteiger partial charge in [-0.3, -0.25) is 0 Å². The molecule has 0 unspecified atom stereocenters. The van der Waals surface area contributed by atoms with Gasteiger partial charge in [-0.25, -0.2) is 8.78 Å². The van der Waals surface area contributed by atoms with Crippen molar-refractivity contribution in [3.05, 3.63) is 29.3 Å². The molecule has 5 heteroatoms. The first-order valence-electron chi connectivity index (χ1n) is 5.88. The fourth-order valence-corrected chi connectivity index (χ4v) is 2.28. The summed E-state index contributed by atoms with van der Waals surface area (Å²) in [5.74, 6) is -0.977. The van der Waals surface area contributed by atoms with Gasteiger partial charge < -0.3 is 10.1 Å². The van der Waals surface area contributed by atoms with E-state index < -0.39 is 11.6 Å². The molecule has 1 N–H and O–H groups in total. The summed E-state index contributed by atoms with van der Waals surface area (Å²) in [6.45, 7) is 5.48. The van der Waals surface area contributed by atoms with Crippen LogP contribution in [0.1, 0.15) is 19.4 Å². The average Bonchev–Trinajstić information content (AvgIpc) is 2.29. The maximum atomic E-state index is 13.7. The standard InChI is InChI=1S/C13H19F2NOS/c1-9(2)18-13-11(14)6-10(7-12(13)15)8-16-4-5-17-3/h6-7,9,16H,4-5,8H2,1-3H3. The summed E-state index contributed by atoms with van der Waals surface area (Å²) in [6.07, 6.45) is 0. The lowest BCUT2D eigenvalue weighted by molar-refractivity contribution is 0.199. The van der Waals surface area contributed by atoms with Gasteiger partial charge in [0, 0.05) is 25.4 Å². The largest absolute Gasteiger partial charge is 0.383 e. The topological polar surface area (TPSA) is 21.3 Å². The molecule has 102 valence electrons. The minimum atomic E-state index is -0.489. The zero-order valence-corrected chi connectivity index (χ0v) is 11.7. The first kappa shape index (κ1) is 15.4. The number of benzene rings is 1. The van der Waals surface area contributed by atoms with Crippen molar-refractivity contribution in [2.75, 3.05) is 20.3 Å². The SMILES string of the molecule is COCCNCc1cc(F)c(SC(C)C)c(F)c1. The van der Waals surface area contributed by atoms with Crippen LogP contribution in [0, 0.1) is 11.6 Å². The molecular formula is C13H19F2NOS. The molecule has 0 amide bonds. The van der Waals surface area contributed by atoms with E-state index >= 15 is 0 Å². The average molecular weight is 275 g/mol. The van der Waals surface area contributed by atoms with Crippen molar-refractivity contribution in [2.45, 2.75) is 30.5 Å². The van der Waals surface area contributed by atoms with Gasteiger partial charge in [0.2, 0.25) is 0 Å². The molecule has 0 aliphatic rings. The van der Waals surface area contributed by atoms with Gasteiger partial charge in [0.25, 0.3) is 0 Å². The second-order valence-corrected chi connectivity index (χ2v) is 5.81. The molecule has 1 rings (SSSR count). The van der Waals surface area contributed by atoms with E-state index in [-0.39, 0.29) is 10.1 Å². The maximum Gasteiger partial charge on any atom is 0.140 e. The maximum absolute atomic E-state index is 13.7. The number of hydrogen-bond acceptors (Lipinski definition) is 3. The van der Waals surface area contributed by atoms with E-state index in [0.29, 0.717) is 25.3 Å². The van der Waals surface area contributed by atoms with E-state index in [1.54, 1.807) is 7.11 Å². The van der Waals surface area contributed by atoms with Crippen LogP contribution in [0.2, 0.25) is 0 Å². The Morgan fingerprint density at radius 3 is 2.39 bits per heavy atom. The van der Waals surface area contributed by atoms with E-state index in [9.17, 15) is 8.78 Å². The first-order chi connectivity index (χ1) is 8.54. The molecule has 2 nitrogen and oxygen atoms in total. The van der Waals surface area contributed by atoms with Crippen molar-refractivity contribution >= 4 is 11.8 Å². The summed E-state index contributed by atoms with van der Waals surface area (Å²) in [4.78, 5) is 0.102. The molecule has 1 aromatic rings. The Kier molecular flexibility index (Phi) is 6.60. The smallest absolute Gasteiger partial charge is 0.140 e. The third-order valence-electron chi connectivity index (χ3n) is 2.22. The summed E-state index contributed by atoms with van der Waals surface area (Å²) in [5.41, 5.74) is 0.606. The molecule has 0 bridgehead atoms. The van der Waals surface area contributed by atoms with E-state index in [2.05, 4.69) is 5.32 Å². The van der Waals surface area contributed by atoms with E-state index in [4.69, 9.17) is 4.74 Å². The van der Waals surface area contributed by atoms with E-state index in [1.807, 2.05) is 13.8 Å². The first-order valence-corrected chi connectivity index (χ1v) is 6.76. The number of nitrogens with one attached hydrogen (secondary N) is 1. The Bertz CT molecular complexity index is 362. The van der Waals surface area contributed by atoms with Crippen LogP contribution in [0.5, 0.6) is 0 Å². The van der Waals surface area contributed by atoms with Crippen LogP contribution in [-0.2, 0) is 11.3 Å². The van der Waals surface area contributed by atoms with Crippen LogP contribution >= 0.6 is 11.8 Å². The van der Waals surface area contributed by atoms with Gasteiger partial charge in [-0.05, 0) is 17.7 Å². The van der Waals surface area contributed by atoms with Gasteiger partial charge in [-0.2, -0.15) is 0 Å². The third kappa shape index (κ3) is 4.92. The predicted octanol–water partition coefficient (Wildman–Crippen LogP) is 3.20. The number of rotatable bonds is 7. The minimum Gasteiger partial charge on any atom is -0.383 e. The highest BCUT2D eigenvalue weighted by molar-refractivity contribution is 7.99. The molecule has 0 aliphatic heterocycles. The van der Waals surface area contributed by atoms with E-state index in [0.717, 1.165) is 0 Å². The van der Waals surface area contributed by atoms with Crippen molar-refractivity contribution < 1.29 is 13.5 Å². The quantitative estimate of drug-likeness (QED) is 0.610. The van der Waals surface area contributed by atoms with Gasteiger partial charge in [0.05, 0.1) is 11.5 Å². The van der Waals surface area contributed by atoms with Crippen molar-refractivity contribution in [1.82, 2.24) is 5.32 Å². The predicted molar refractivity (Wildman–Crippen MR) is 70.9 cm³/mol. The Balaban J connectivity index is 2.67. The zero-order valence-electron chi connectivity index (χ0n) is 10.9. The van der Waals surface area contributed by atoms with Crippen LogP contribution in [0.15, 0.2) is 17.0 Å². The molecule has 0 aliphatic carbocycles. The number of ether oxygens (including phenoxy) is 1. The summed E-state index contributed by atoms with van der Waals surface area (Å²) in [5, 5.41) is 3.20.